The molecule has 4 nitrogen and oxygen atoms in total. The number of nitrogens with zero attached hydrogens (tertiary/aromatic N) is 1. The summed E-state index contributed by atoms with van der Waals surface area (Å²) in [6.07, 6.45) is 2.57. The van der Waals surface area contributed by atoms with Gasteiger partial charge in [-0.3, -0.25) is 14.5 Å². The SMILES string of the molecule is NCc1ccccc1CN1C(=O)C=CC1=O. The zero-order valence-electron chi connectivity index (χ0n) is 8.72. The van der Waals surface area contributed by atoms with E-state index in [1.165, 1.54) is 17.1 Å². The third-order valence-electron chi connectivity index (χ3n) is 2.57. The van der Waals surface area contributed by atoms with E-state index in [0.717, 1.165) is 11.1 Å². The molecule has 1 heterocycles. The molecule has 16 heavy (non-hydrogen) atoms. The van der Waals surface area contributed by atoms with E-state index in [1.54, 1.807) is 0 Å². The zero-order chi connectivity index (χ0) is 11.5. The molecule has 1 aliphatic heterocycles. The van der Waals surface area contributed by atoms with Gasteiger partial charge in [-0.05, 0) is 11.1 Å². The van der Waals surface area contributed by atoms with Crippen molar-refractivity contribution in [2.24, 2.45) is 5.73 Å². The Labute approximate surface area is 93.3 Å². The maximum absolute atomic E-state index is 11.4. The lowest BCUT2D eigenvalue weighted by atomic mass is 10.1. The van der Waals surface area contributed by atoms with Gasteiger partial charge in [-0.25, -0.2) is 0 Å². The lowest BCUT2D eigenvalue weighted by molar-refractivity contribution is -0.137. The molecule has 1 aromatic carbocycles. The molecule has 2 N–H and O–H groups in total. The van der Waals surface area contributed by atoms with Gasteiger partial charge in [0.2, 0.25) is 0 Å². The zero-order valence-corrected chi connectivity index (χ0v) is 8.72. The largest absolute Gasteiger partial charge is 0.326 e. The van der Waals surface area contributed by atoms with Gasteiger partial charge in [0.15, 0.2) is 0 Å². The molecule has 0 unspecified atom stereocenters. The molecule has 0 saturated heterocycles. The number of nitrogens with two attached hydrogens (primary N) is 1. The van der Waals surface area contributed by atoms with Crippen LogP contribution in [0.4, 0.5) is 0 Å². The quantitative estimate of drug-likeness (QED) is 0.751. The topological polar surface area (TPSA) is 63.4 Å². The highest BCUT2D eigenvalue weighted by molar-refractivity contribution is 6.12. The Morgan fingerprint density at radius 2 is 1.56 bits per heavy atom. The number of hydrogen-bond donors (Lipinski definition) is 1. The van der Waals surface area contributed by atoms with Gasteiger partial charge in [0.05, 0.1) is 6.54 Å². The molecule has 82 valence electrons. The minimum atomic E-state index is -0.267. The lowest BCUT2D eigenvalue weighted by Crippen LogP contribution is -2.29. The molecular weight excluding hydrogens is 204 g/mol. The maximum atomic E-state index is 11.4. The van der Waals surface area contributed by atoms with Crippen molar-refractivity contribution in [3.63, 3.8) is 0 Å². The van der Waals surface area contributed by atoms with E-state index < -0.39 is 0 Å². The van der Waals surface area contributed by atoms with Crippen molar-refractivity contribution in [2.75, 3.05) is 0 Å². The highest BCUT2D eigenvalue weighted by Crippen LogP contribution is 2.14. The van der Waals surface area contributed by atoms with Crippen LogP contribution in [-0.2, 0) is 22.7 Å². The molecule has 2 rings (SSSR count). The van der Waals surface area contributed by atoms with E-state index in [-0.39, 0.29) is 18.4 Å². The summed E-state index contributed by atoms with van der Waals surface area (Å²) in [5, 5.41) is 0. The highest BCUT2D eigenvalue weighted by Gasteiger charge is 2.23. The summed E-state index contributed by atoms with van der Waals surface area (Å²) in [4.78, 5) is 24.0. The summed E-state index contributed by atoms with van der Waals surface area (Å²) in [5.74, 6) is -0.534. The van der Waals surface area contributed by atoms with E-state index in [4.69, 9.17) is 5.73 Å². The lowest BCUT2D eigenvalue weighted by Gasteiger charge is -2.15. The normalized spacial score (nSPS) is 14.9. The molecule has 1 aliphatic rings. The molecular formula is C12H12N2O2. The van der Waals surface area contributed by atoms with Crippen molar-refractivity contribution >= 4 is 11.8 Å². The average molecular weight is 216 g/mol. The number of carbonyl (C=O) groups excluding carboxylic acids is 2. The Bertz CT molecular complexity index is 448. The fraction of sp³-hybridized carbons (Fsp3) is 0.167. The molecule has 0 bridgehead atoms. The molecule has 0 aliphatic carbocycles. The van der Waals surface area contributed by atoms with E-state index in [1.807, 2.05) is 24.3 Å². The van der Waals surface area contributed by atoms with Crippen molar-refractivity contribution in [3.05, 3.63) is 47.5 Å². The molecule has 0 atom stereocenters. The van der Waals surface area contributed by atoms with Crippen molar-refractivity contribution in [1.82, 2.24) is 4.90 Å². The Kier molecular flexibility index (Phi) is 2.83. The van der Waals surface area contributed by atoms with Crippen molar-refractivity contribution in [1.29, 1.82) is 0 Å². The average Bonchev–Trinajstić information content (AvgIpc) is 2.61. The first-order valence-corrected chi connectivity index (χ1v) is 5.03. The summed E-state index contributed by atoms with van der Waals surface area (Å²) in [7, 11) is 0. The van der Waals surface area contributed by atoms with E-state index >= 15 is 0 Å². The first-order valence-electron chi connectivity index (χ1n) is 5.03. The van der Waals surface area contributed by atoms with Crippen LogP contribution in [0, 0.1) is 0 Å². The summed E-state index contributed by atoms with van der Waals surface area (Å²) in [6.45, 7) is 0.692. The predicted molar refractivity (Wildman–Crippen MR) is 59.0 cm³/mol. The summed E-state index contributed by atoms with van der Waals surface area (Å²) < 4.78 is 0. The van der Waals surface area contributed by atoms with Crippen LogP contribution in [0.25, 0.3) is 0 Å². The minimum absolute atomic E-state index is 0.267. The molecule has 0 aromatic heterocycles. The number of carbonyl (C=O) groups is 2. The Hall–Kier alpha value is -1.94. The molecule has 0 fully saturated rings. The third kappa shape index (κ3) is 1.87. The second-order valence-electron chi connectivity index (χ2n) is 3.57. The van der Waals surface area contributed by atoms with E-state index in [2.05, 4.69) is 0 Å². The van der Waals surface area contributed by atoms with E-state index in [9.17, 15) is 9.59 Å². The minimum Gasteiger partial charge on any atom is -0.326 e. The molecule has 2 amide bonds. The summed E-state index contributed by atoms with van der Waals surface area (Å²) in [6, 6.07) is 7.53. The van der Waals surface area contributed by atoms with Crippen LogP contribution in [-0.4, -0.2) is 16.7 Å². The highest BCUT2D eigenvalue weighted by atomic mass is 16.2. The van der Waals surface area contributed by atoms with Crippen LogP contribution >= 0.6 is 0 Å². The monoisotopic (exact) mass is 216 g/mol. The van der Waals surface area contributed by atoms with Gasteiger partial charge in [0, 0.05) is 18.7 Å². The maximum Gasteiger partial charge on any atom is 0.253 e. The van der Waals surface area contributed by atoms with Crippen LogP contribution in [0.1, 0.15) is 11.1 Å². The van der Waals surface area contributed by atoms with Crippen LogP contribution in [0.3, 0.4) is 0 Å². The van der Waals surface area contributed by atoms with Gasteiger partial charge in [-0.15, -0.1) is 0 Å². The fourth-order valence-corrected chi connectivity index (χ4v) is 1.67. The van der Waals surface area contributed by atoms with Crippen LogP contribution < -0.4 is 5.73 Å². The van der Waals surface area contributed by atoms with Gasteiger partial charge in [-0.1, -0.05) is 24.3 Å². The number of imide groups is 1. The van der Waals surface area contributed by atoms with Gasteiger partial charge < -0.3 is 5.73 Å². The number of benzene rings is 1. The molecule has 4 heteroatoms. The Morgan fingerprint density at radius 3 is 2.12 bits per heavy atom. The molecule has 0 radical (unpaired) electrons. The number of hydrogen-bond acceptors (Lipinski definition) is 3. The summed E-state index contributed by atoms with van der Waals surface area (Å²) >= 11 is 0. The first-order chi connectivity index (χ1) is 7.72. The second-order valence-corrected chi connectivity index (χ2v) is 3.57. The summed E-state index contributed by atoms with van der Waals surface area (Å²) in [5.41, 5.74) is 7.46. The molecule has 0 spiro atoms. The van der Waals surface area contributed by atoms with Crippen molar-refractivity contribution in [3.8, 4) is 0 Å². The van der Waals surface area contributed by atoms with Gasteiger partial charge in [-0.2, -0.15) is 0 Å². The van der Waals surface area contributed by atoms with Crippen LogP contribution in [0.5, 0.6) is 0 Å². The predicted octanol–water partition coefficient (Wildman–Crippen LogP) is 0.570. The van der Waals surface area contributed by atoms with Crippen molar-refractivity contribution < 1.29 is 9.59 Å². The van der Waals surface area contributed by atoms with Crippen LogP contribution in [0.2, 0.25) is 0 Å². The molecule has 0 saturated carbocycles. The molecule has 1 aromatic rings. The van der Waals surface area contributed by atoms with Crippen LogP contribution in [0.15, 0.2) is 36.4 Å². The van der Waals surface area contributed by atoms with Crippen molar-refractivity contribution in [2.45, 2.75) is 13.1 Å². The fourth-order valence-electron chi connectivity index (χ4n) is 1.67. The Balaban J connectivity index is 2.21. The van der Waals surface area contributed by atoms with Gasteiger partial charge in [0.25, 0.3) is 11.8 Å². The van der Waals surface area contributed by atoms with Gasteiger partial charge in [0.1, 0.15) is 0 Å². The standard InChI is InChI=1S/C12H12N2O2/c13-7-9-3-1-2-4-10(9)8-14-11(15)5-6-12(14)16/h1-6H,7-8,13H2. The smallest absolute Gasteiger partial charge is 0.253 e. The van der Waals surface area contributed by atoms with E-state index in [0.29, 0.717) is 6.54 Å². The Morgan fingerprint density at radius 1 is 1.00 bits per heavy atom. The number of amides is 2. The van der Waals surface area contributed by atoms with Gasteiger partial charge >= 0.3 is 0 Å². The second kappa shape index (κ2) is 4.28. The number of rotatable bonds is 3. The third-order valence-corrected chi connectivity index (χ3v) is 2.57. The first kappa shape index (κ1) is 10.6.